The Hall–Kier alpha value is -0.0900. The van der Waals surface area contributed by atoms with Crippen LogP contribution in [0.25, 0.3) is 0 Å². The van der Waals surface area contributed by atoms with Gasteiger partial charge >= 0.3 is 0 Å². The summed E-state index contributed by atoms with van der Waals surface area (Å²) in [5.41, 5.74) is 6.16. The van der Waals surface area contributed by atoms with Crippen molar-refractivity contribution in [1.29, 1.82) is 0 Å². The highest BCUT2D eigenvalue weighted by Crippen LogP contribution is 2.33. The number of hydrogen-bond acceptors (Lipinski definition) is 3. The Morgan fingerprint density at radius 1 is 1.47 bits per heavy atom. The SMILES string of the molecule is CC(N(C)C(CN)c1cc(Cl)cs1)C(C)(C)C. The summed E-state index contributed by atoms with van der Waals surface area (Å²) in [6.45, 7) is 9.63. The van der Waals surface area contributed by atoms with Crippen molar-refractivity contribution in [2.75, 3.05) is 13.6 Å². The molecule has 1 aromatic rings. The molecule has 0 aliphatic rings. The largest absolute Gasteiger partial charge is 0.329 e. The van der Waals surface area contributed by atoms with Crippen molar-refractivity contribution >= 4 is 22.9 Å². The van der Waals surface area contributed by atoms with Gasteiger partial charge in [-0.15, -0.1) is 11.3 Å². The van der Waals surface area contributed by atoms with Crippen LogP contribution in [-0.4, -0.2) is 24.5 Å². The minimum Gasteiger partial charge on any atom is -0.329 e. The third kappa shape index (κ3) is 3.68. The van der Waals surface area contributed by atoms with E-state index in [1.807, 2.05) is 11.4 Å². The van der Waals surface area contributed by atoms with Gasteiger partial charge in [0.25, 0.3) is 0 Å². The summed E-state index contributed by atoms with van der Waals surface area (Å²) >= 11 is 7.67. The van der Waals surface area contributed by atoms with Crippen LogP contribution in [0, 0.1) is 5.41 Å². The standard InChI is InChI=1S/C13H23ClN2S/c1-9(13(2,3)4)16(5)11(7-15)12-6-10(14)8-17-12/h6,8-9,11H,7,15H2,1-5H3. The first-order valence-corrected chi connectivity index (χ1v) is 7.19. The van der Waals surface area contributed by atoms with Gasteiger partial charge in [-0.25, -0.2) is 0 Å². The van der Waals surface area contributed by atoms with Crippen LogP contribution in [0.2, 0.25) is 5.02 Å². The third-order valence-electron chi connectivity index (χ3n) is 3.50. The Labute approximate surface area is 114 Å². The number of likely N-dealkylation sites (N-methyl/N-ethyl adjacent to an activating group) is 1. The first kappa shape index (κ1) is 15.0. The number of thiophene rings is 1. The highest BCUT2D eigenvalue weighted by Gasteiger charge is 2.29. The summed E-state index contributed by atoms with van der Waals surface area (Å²) in [7, 11) is 2.14. The zero-order chi connectivity index (χ0) is 13.2. The Morgan fingerprint density at radius 2 is 2.06 bits per heavy atom. The lowest BCUT2D eigenvalue weighted by molar-refractivity contribution is 0.102. The van der Waals surface area contributed by atoms with E-state index in [0.29, 0.717) is 12.6 Å². The van der Waals surface area contributed by atoms with Crippen LogP contribution >= 0.6 is 22.9 Å². The molecule has 2 atom stereocenters. The van der Waals surface area contributed by atoms with Gasteiger partial charge in [0.15, 0.2) is 0 Å². The molecular formula is C13H23ClN2S. The molecule has 0 aromatic carbocycles. The Morgan fingerprint density at radius 3 is 2.41 bits per heavy atom. The van der Waals surface area contributed by atoms with Gasteiger partial charge < -0.3 is 5.73 Å². The number of nitrogens with zero attached hydrogens (tertiary/aromatic N) is 1. The van der Waals surface area contributed by atoms with E-state index < -0.39 is 0 Å². The summed E-state index contributed by atoms with van der Waals surface area (Å²) in [6, 6.07) is 2.73. The van der Waals surface area contributed by atoms with Gasteiger partial charge in [-0.05, 0) is 25.5 Å². The maximum Gasteiger partial charge on any atom is 0.0564 e. The van der Waals surface area contributed by atoms with Crippen LogP contribution in [0.15, 0.2) is 11.4 Å². The fourth-order valence-corrected chi connectivity index (χ4v) is 3.11. The second kappa shape index (κ2) is 5.70. The Kier molecular flexibility index (Phi) is 5.02. The zero-order valence-electron chi connectivity index (χ0n) is 11.3. The van der Waals surface area contributed by atoms with Gasteiger partial charge in [0.1, 0.15) is 0 Å². The van der Waals surface area contributed by atoms with E-state index >= 15 is 0 Å². The molecular weight excluding hydrogens is 252 g/mol. The highest BCUT2D eigenvalue weighted by atomic mass is 35.5. The fraction of sp³-hybridized carbons (Fsp3) is 0.692. The first-order valence-electron chi connectivity index (χ1n) is 5.93. The summed E-state index contributed by atoms with van der Waals surface area (Å²) in [6.07, 6.45) is 0. The van der Waals surface area contributed by atoms with E-state index in [9.17, 15) is 0 Å². The zero-order valence-corrected chi connectivity index (χ0v) is 12.9. The van der Waals surface area contributed by atoms with Gasteiger partial charge in [-0.3, -0.25) is 4.90 Å². The number of rotatable bonds is 4. The quantitative estimate of drug-likeness (QED) is 0.906. The van der Waals surface area contributed by atoms with Crippen LogP contribution in [0.5, 0.6) is 0 Å². The topological polar surface area (TPSA) is 29.3 Å². The monoisotopic (exact) mass is 274 g/mol. The molecule has 0 aliphatic carbocycles. The van der Waals surface area contributed by atoms with Crippen LogP contribution in [0.4, 0.5) is 0 Å². The average Bonchev–Trinajstić information content (AvgIpc) is 2.63. The highest BCUT2D eigenvalue weighted by molar-refractivity contribution is 7.10. The molecule has 2 nitrogen and oxygen atoms in total. The van der Waals surface area contributed by atoms with E-state index in [0.717, 1.165) is 5.02 Å². The molecule has 0 radical (unpaired) electrons. The van der Waals surface area contributed by atoms with E-state index in [2.05, 4.69) is 39.6 Å². The van der Waals surface area contributed by atoms with Crippen LogP contribution < -0.4 is 5.73 Å². The van der Waals surface area contributed by atoms with Crippen LogP contribution in [0.3, 0.4) is 0 Å². The molecule has 0 saturated heterocycles. The Bertz CT molecular complexity index is 357. The van der Waals surface area contributed by atoms with Crippen molar-refractivity contribution in [1.82, 2.24) is 4.90 Å². The summed E-state index contributed by atoms with van der Waals surface area (Å²) < 4.78 is 0. The van der Waals surface area contributed by atoms with E-state index in [1.165, 1.54) is 4.88 Å². The van der Waals surface area contributed by atoms with Gasteiger partial charge in [0.2, 0.25) is 0 Å². The maximum absolute atomic E-state index is 5.99. The van der Waals surface area contributed by atoms with Crippen molar-refractivity contribution < 1.29 is 0 Å². The predicted molar refractivity (Wildman–Crippen MR) is 77.8 cm³/mol. The number of nitrogens with two attached hydrogens (primary N) is 1. The molecule has 1 aromatic heterocycles. The second-order valence-corrected chi connectivity index (χ2v) is 7.01. The number of halogens is 1. The third-order valence-corrected chi connectivity index (χ3v) is 4.88. The predicted octanol–water partition coefficient (Wildman–Crippen LogP) is 3.77. The molecule has 1 rings (SSSR count). The lowest BCUT2D eigenvalue weighted by Gasteiger charge is -2.39. The van der Waals surface area contributed by atoms with E-state index in [1.54, 1.807) is 11.3 Å². The normalized spacial score (nSPS) is 16.2. The second-order valence-electron chi connectivity index (χ2n) is 5.63. The molecule has 0 saturated carbocycles. The molecule has 0 fully saturated rings. The molecule has 2 N–H and O–H groups in total. The average molecular weight is 275 g/mol. The summed E-state index contributed by atoms with van der Waals surface area (Å²) in [4.78, 5) is 3.60. The molecule has 0 amide bonds. The maximum atomic E-state index is 5.99. The van der Waals surface area contributed by atoms with Crippen LogP contribution in [0.1, 0.15) is 38.6 Å². The molecule has 17 heavy (non-hydrogen) atoms. The van der Waals surface area contributed by atoms with E-state index in [4.69, 9.17) is 17.3 Å². The molecule has 1 heterocycles. The van der Waals surface area contributed by atoms with Crippen molar-refractivity contribution in [3.05, 3.63) is 21.3 Å². The van der Waals surface area contributed by atoms with Crippen molar-refractivity contribution in [2.24, 2.45) is 11.1 Å². The summed E-state index contributed by atoms with van der Waals surface area (Å²) in [5, 5.41) is 2.77. The van der Waals surface area contributed by atoms with Gasteiger partial charge in [-0.1, -0.05) is 32.4 Å². The van der Waals surface area contributed by atoms with Gasteiger partial charge in [0.05, 0.1) is 11.1 Å². The lowest BCUT2D eigenvalue weighted by Crippen LogP contribution is -2.43. The number of hydrogen-bond donors (Lipinski definition) is 1. The van der Waals surface area contributed by atoms with Crippen molar-refractivity contribution in [3.8, 4) is 0 Å². The first-order chi connectivity index (χ1) is 7.77. The Balaban J connectivity index is 2.88. The smallest absolute Gasteiger partial charge is 0.0564 e. The fourth-order valence-electron chi connectivity index (χ4n) is 1.87. The minimum absolute atomic E-state index is 0.239. The lowest BCUT2D eigenvalue weighted by atomic mass is 9.86. The molecule has 0 bridgehead atoms. The van der Waals surface area contributed by atoms with Crippen molar-refractivity contribution in [2.45, 2.75) is 39.8 Å². The summed E-state index contributed by atoms with van der Waals surface area (Å²) in [5.74, 6) is 0. The van der Waals surface area contributed by atoms with Gasteiger partial charge in [0, 0.05) is 22.8 Å². The van der Waals surface area contributed by atoms with Gasteiger partial charge in [-0.2, -0.15) is 0 Å². The molecule has 2 unspecified atom stereocenters. The minimum atomic E-state index is 0.239. The molecule has 0 spiro atoms. The molecule has 0 aliphatic heterocycles. The molecule has 4 heteroatoms. The van der Waals surface area contributed by atoms with E-state index in [-0.39, 0.29) is 11.5 Å². The molecule has 98 valence electrons. The van der Waals surface area contributed by atoms with Crippen molar-refractivity contribution in [3.63, 3.8) is 0 Å². The van der Waals surface area contributed by atoms with Crippen LogP contribution in [-0.2, 0) is 0 Å².